The van der Waals surface area contributed by atoms with Crippen molar-refractivity contribution >= 4 is 55.0 Å². The van der Waals surface area contributed by atoms with Gasteiger partial charge in [0.1, 0.15) is 0 Å². The number of rotatable bonds is 7. The van der Waals surface area contributed by atoms with E-state index in [1.165, 1.54) is 16.4 Å². The number of aliphatic imine (C=N–C) groups is 1. The first-order chi connectivity index (χ1) is 21.9. The Morgan fingerprint density at radius 2 is 1.70 bits per heavy atom. The van der Waals surface area contributed by atoms with Crippen LogP contribution in [-0.4, -0.2) is 91.4 Å². The molecule has 2 fully saturated rings. The first kappa shape index (κ1) is 32.1. The summed E-state index contributed by atoms with van der Waals surface area (Å²) in [4.78, 5) is 27.5. The number of benzene rings is 2. The van der Waals surface area contributed by atoms with Gasteiger partial charge in [0.05, 0.1) is 27.1 Å². The van der Waals surface area contributed by atoms with E-state index in [9.17, 15) is 21.6 Å². The number of nitrogens with zero attached hydrogens (tertiary/aromatic N) is 5. The van der Waals surface area contributed by atoms with Crippen LogP contribution in [0.1, 0.15) is 35.3 Å². The molecule has 2 saturated heterocycles. The minimum absolute atomic E-state index is 0.0667. The van der Waals surface area contributed by atoms with Crippen LogP contribution in [0, 0.1) is 0 Å². The maximum Gasteiger partial charge on any atom is 0.280 e. The maximum absolute atomic E-state index is 13.5. The topological polar surface area (TPSA) is 206 Å². The van der Waals surface area contributed by atoms with Crippen LogP contribution in [0.5, 0.6) is 0 Å². The van der Waals surface area contributed by atoms with Crippen LogP contribution in [0.2, 0.25) is 5.15 Å². The van der Waals surface area contributed by atoms with Crippen molar-refractivity contribution in [2.24, 2.45) is 4.99 Å². The van der Waals surface area contributed by atoms with Crippen LogP contribution in [0.15, 0.2) is 69.4 Å². The van der Waals surface area contributed by atoms with Crippen molar-refractivity contribution in [3.05, 3.63) is 71.0 Å². The second-order valence-corrected chi connectivity index (χ2v) is 16.2. The van der Waals surface area contributed by atoms with Gasteiger partial charge in [-0.1, -0.05) is 41.9 Å². The number of nitrogens with two attached hydrogens (primary N) is 2. The summed E-state index contributed by atoms with van der Waals surface area (Å²) in [5, 5.41) is 5.10. The molecular formula is C29H34ClN9O5S2. The van der Waals surface area contributed by atoms with Gasteiger partial charge in [-0.3, -0.25) is 20.0 Å². The average molecular weight is 688 g/mol. The van der Waals surface area contributed by atoms with Gasteiger partial charge in [-0.15, -0.1) is 0 Å². The van der Waals surface area contributed by atoms with Crippen molar-refractivity contribution in [3.63, 3.8) is 0 Å². The number of carbonyl (C=O) groups excluding carboxylic acids is 1. The van der Waals surface area contributed by atoms with Gasteiger partial charge in [-0.05, 0) is 49.1 Å². The van der Waals surface area contributed by atoms with Gasteiger partial charge in [0.15, 0.2) is 38.3 Å². The first-order valence-electron chi connectivity index (χ1n) is 14.7. The van der Waals surface area contributed by atoms with Crippen molar-refractivity contribution in [3.8, 4) is 0 Å². The Bertz CT molecular complexity index is 1900. The summed E-state index contributed by atoms with van der Waals surface area (Å²) in [6.45, 7) is 2.53. The van der Waals surface area contributed by atoms with E-state index in [4.69, 9.17) is 23.1 Å². The smallest absolute Gasteiger partial charge is 0.280 e. The molecule has 6 rings (SSSR count). The summed E-state index contributed by atoms with van der Waals surface area (Å²) in [5.74, 6) is -0.502. The SMILES string of the molecule is Nc1nc(N)c(C(=O)NC2=NCC3(CCN(Cc4cccc(S(=O)(=O)N5CCC(S(=O)(=O)c6ccccc6)C5)c4)CC3)N2)nc1Cl. The number of nitrogens with one attached hydrogen (secondary N) is 2. The largest absolute Gasteiger partial charge is 0.382 e. The molecule has 14 nitrogen and oxygen atoms in total. The quantitative estimate of drug-likeness (QED) is 0.278. The van der Waals surface area contributed by atoms with Crippen LogP contribution in [0.25, 0.3) is 0 Å². The predicted octanol–water partition coefficient (Wildman–Crippen LogP) is 1.26. The van der Waals surface area contributed by atoms with Crippen LogP contribution < -0.4 is 22.1 Å². The second kappa shape index (κ2) is 12.4. The summed E-state index contributed by atoms with van der Waals surface area (Å²) in [6, 6.07) is 15.0. The van der Waals surface area contributed by atoms with Gasteiger partial charge >= 0.3 is 0 Å². The van der Waals surface area contributed by atoms with Gasteiger partial charge < -0.3 is 16.8 Å². The molecule has 1 unspecified atom stereocenters. The zero-order valence-electron chi connectivity index (χ0n) is 24.8. The molecule has 0 saturated carbocycles. The third-order valence-electron chi connectivity index (χ3n) is 8.65. The molecular weight excluding hydrogens is 654 g/mol. The Labute approximate surface area is 272 Å². The van der Waals surface area contributed by atoms with Crippen molar-refractivity contribution in [2.45, 2.75) is 46.4 Å². The van der Waals surface area contributed by atoms with Crippen molar-refractivity contribution in [2.75, 3.05) is 44.2 Å². The molecule has 1 aromatic heterocycles. The van der Waals surface area contributed by atoms with E-state index in [1.807, 2.05) is 6.07 Å². The Hall–Kier alpha value is -3.83. The number of carbonyl (C=O) groups is 1. The lowest BCUT2D eigenvalue weighted by Crippen LogP contribution is -2.56. The standard InChI is InChI=1S/C29H34ClN9O5S2/c30-24-26(32)35-25(31)23(34-24)27(40)36-28-33-18-29(37-28)10-13-38(14-11-29)16-19-5-4-8-21(15-19)46(43,44)39-12-9-22(17-39)45(41,42)20-6-2-1-3-7-20/h1-8,15,22H,9-14,16-18H2,(H4,31,32,35)(H2,33,36,37,40). The number of hydrogen-bond acceptors (Lipinski definition) is 12. The molecule has 2 aromatic carbocycles. The molecule has 3 aromatic rings. The highest BCUT2D eigenvalue weighted by molar-refractivity contribution is 7.92. The monoisotopic (exact) mass is 687 g/mol. The fraction of sp³-hybridized carbons (Fsp3) is 0.379. The minimum Gasteiger partial charge on any atom is -0.382 e. The lowest BCUT2D eigenvalue weighted by molar-refractivity contribution is 0.0970. The number of halogens is 1. The molecule has 17 heteroatoms. The highest BCUT2D eigenvalue weighted by Gasteiger charge is 2.41. The number of sulfone groups is 1. The molecule has 4 heterocycles. The number of guanidine groups is 1. The van der Waals surface area contributed by atoms with Gasteiger partial charge in [0.25, 0.3) is 5.91 Å². The van der Waals surface area contributed by atoms with Gasteiger partial charge in [-0.25, -0.2) is 26.8 Å². The molecule has 1 spiro atoms. The van der Waals surface area contributed by atoms with Crippen LogP contribution in [-0.2, 0) is 26.4 Å². The Balaban J connectivity index is 1.03. The van der Waals surface area contributed by atoms with E-state index < -0.39 is 31.0 Å². The lowest BCUT2D eigenvalue weighted by Gasteiger charge is -2.39. The molecule has 46 heavy (non-hydrogen) atoms. The van der Waals surface area contributed by atoms with Gasteiger partial charge in [0, 0.05) is 32.7 Å². The highest BCUT2D eigenvalue weighted by Crippen LogP contribution is 2.30. The summed E-state index contributed by atoms with van der Waals surface area (Å²) in [7, 11) is -7.52. The molecule has 6 N–H and O–H groups in total. The lowest BCUT2D eigenvalue weighted by atomic mass is 9.88. The van der Waals surface area contributed by atoms with E-state index in [0.717, 1.165) is 31.5 Å². The first-order valence-corrected chi connectivity index (χ1v) is 18.1. The van der Waals surface area contributed by atoms with E-state index in [0.29, 0.717) is 19.0 Å². The van der Waals surface area contributed by atoms with Crippen LogP contribution in [0.4, 0.5) is 11.6 Å². The van der Waals surface area contributed by atoms with E-state index in [2.05, 4.69) is 30.5 Å². The van der Waals surface area contributed by atoms with E-state index in [-0.39, 0.29) is 57.3 Å². The number of piperidine rings is 1. The van der Waals surface area contributed by atoms with Crippen molar-refractivity contribution in [1.82, 2.24) is 29.8 Å². The van der Waals surface area contributed by atoms with Crippen molar-refractivity contribution < 1.29 is 21.6 Å². The molecule has 1 amide bonds. The average Bonchev–Trinajstić information content (AvgIpc) is 3.70. The molecule has 0 radical (unpaired) electrons. The Kier molecular flexibility index (Phi) is 8.67. The highest BCUT2D eigenvalue weighted by atomic mass is 35.5. The number of aromatic nitrogens is 2. The number of hydrogen-bond donors (Lipinski definition) is 4. The Morgan fingerprint density at radius 3 is 2.43 bits per heavy atom. The van der Waals surface area contributed by atoms with Crippen LogP contribution in [0.3, 0.4) is 0 Å². The van der Waals surface area contributed by atoms with Crippen LogP contribution >= 0.6 is 11.6 Å². The molecule has 1 atom stereocenters. The molecule has 0 aliphatic carbocycles. The zero-order valence-corrected chi connectivity index (χ0v) is 27.2. The normalized spacial score (nSPS) is 20.4. The number of anilines is 2. The van der Waals surface area contributed by atoms with E-state index >= 15 is 0 Å². The minimum atomic E-state index is -3.88. The maximum atomic E-state index is 13.5. The van der Waals surface area contributed by atoms with E-state index in [1.54, 1.807) is 36.4 Å². The van der Waals surface area contributed by atoms with Crippen molar-refractivity contribution in [1.29, 1.82) is 0 Å². The van der Waals surface area contributed by atoms with Gasteiger partial charge in [0.2, 0.25) is 10.0 Å². The number of amides is 1. The summed E-state index contributed by atoms with van der Waals surface area (Å²) >= 11 is 5.90. The number of likely N-dealkylation sites (tertiary alicyclic amines) is 1. The summed E-state index contributed by atoms with van der Waals surface area (Å²) < 4.78 is 54.6. The summed E-state index contributed by atoms with van der Waals surface area (Å²) in [5.41, 5.74) is 11.7. The third-order valence-corrected chi connectivity index (χ3v) is 13.0. The molecule has 3 aliphatic heterocycles. The number of sulfonamides is 1. The fourth-order valence-corrected chi connectivity index (χ4v) is 9.52. The molecule has 244 valence electrons. The molecule has 3 aliphatic rings. The zero-order chi connectivity index (χ0) is 32.7. The fourth-order valence-electron chi connectivity index (χ4n) is 6.01. The van der Waals surface area contributed by atoms with Gasteiger partial charge in [-0.2, -0.15) is 4.31 Å². The second-order valence-electron chi connectivity index (χ2n) is 11.7. The number of nitrogen functional groups attached to an aromatic ring is 2. The third kappa shape index (κ3) is 6.40. The Morgan fingerprint density at radius 1 is 0.978 bits per heavy atom. The molecule has 0 bridgehead atoms. The summed E-state index contributed by atoms with van der Waals surface area (Å²) in [6.07, 6.45) is 1.73. The predicted molar refractivity (Wildman–Crippen MR) is 173 cm³/mol.